The molecule has 1 aliphatic carbocycles. The number of nitrogens with one attached hydrogen (secondary N) is 1. The van der Waals surface area contributed by atoms with Gasteiger partial charge in [0.25, 0.3) is 5.56 Å². The molecule has 3 heterocycles. The first-order valence-corrected chi connectivity index (χ1v) is 11.6. The molecule has 0 radical (unpaired) electrons. The van der Waals surface area contributed by atoms with Crippen LogP contribution in [0.4, 0.5) is 0 Å². The molecule has 1 saturated heterocycles. The highest BCUT2D eigenvalue weighted by Gasteiger charge is 2.46. The highest BCUT2D eigenvalue weighted by molar-refractivity contribution is 6.35. The molecule has 1 spiro atoms. The molecule has 2 aliphatic heterocycles. The number of piperidine rings is 1. The minimum atomic E-state index is -0.163. The maximum atomic E-state index is 13.0. The minimum absolute atomic E-state index is 0.159. The molecule has 3 aromatic rings. The Morgan fingerprint density at radius 1 is 1.10 bits per heavy atom. The van der Waals surface area contributed by atoms with Crippen LogP contribution in [-0.2, 0) is 5.41 Å². The van der Waals surface area contributed by atoms with Gasteiger partial charge in [0.15, 0.2) is 0 Å². The summed E-state index contributed by atoms with van der Waals surface area (Å²) in [6.45, 7) is 2.14. The van der Waals surface area contributed by atoms with Crippen LogP contribution in [0.2, 0.25) is 5.02 Å². The Morgan fingerprint density at radius 2 is 1.97 bits per heavy atom. The van der Waals surface area contributed by atoms with Crippen LogP contribution in [0.25, 0.3) is 16.6 Å². The summed E-state index contributed by atoms with van der Waals surface area (Å²) < 4.78 is 2.22. The lowest BCUT2D eigenvalue weighted by Crippen LogP contribution is -2.32. The maximum Gasteiger partial charge on any atom is 0.280 e. The van der Waals surface area contributed by atoms with Gasteiger partial charge in [-0.25, -0.2) is 0 Å². The normalized spacial score (nSPS) is 22.2. The summed E-state index contributed by atoms with van der Waals surface area (Å²) in [4.78, 5) is 17.7. The molecule has 1 N–H and O–H groups in total. The van der Waals surface area contributed by atoms with Crippen LogP contribution in [-0.4, -0.2) is 22.6 Å². The maximum absolute atomic E-state index is 13.0. The lowest BCUT2D eigenvalue weighted by atomic mass is 9.69. The van der Waals surface area contributed by atoms with E-state index in [1.165, 1.54) is 48.9 Å². The van der Waals surface area contributed by atoms with Crippen LogP contribution in [0, 0.1) is 0 Å². The van der Waals surface area contributed by atoms with Crippen molar-refractivity contribution in [2.24, 2.45) is 0 Å². The third-order valence-corrected chi connectivity index (χ3v) is 7.85. The number of halogens is 1. The number of aromatic nitrogens is 2. The summed E-state index contributed by atoms with van der Waals surface area (Å²) in [5, 5.41) is 4.77. The van der Waals surface area contributed by atoms with Crippen molar-refractivity contribution in [1.82, 2.24) is 14.9 Å². The van der Waals surface area contributed by atoms with Gasteiger partial charge >= 0.3 is 0 Å². The molecule has 0 amide bonds. The Balaban J connectivity index is 1.66. The van der Waals surface area contributed by atoms with Crippen LogP contribution in [0.1, 0.15) is 67.8 Å². The van der Waals surface area contributed by atoms with E-state index in [0.717, 1.165) is 37.3 Å². The van der Waals surface area contributed by atoms with Gasteiger partial charge in [0.2, 0.25) is 0 Å². The fourth-order valence-electron chi connectivity index (χ4n) is 6.08. The number of rotatable bonds is 1. The predicted molar refractivity (Wildman–Crippen MR) is 121 cm³/mol. The van der Waals surface area contributed by atoms with Gasteiger partial charge in [0.1, 0.15) is 5.82 Å². The average Bonchev–Trinajstić information content (AvgIpc) is 3.04. The van der Waals surface area contributed by atoms with Crippen LogP contribution in [0.15, 0.2) is 41.2 Å². The Labute approximate surface area is 181 Å². The third-order valence-electron chi connectivity index (χ3n) is 7.54. The molecule has 2 aromatic carbocycles. The first-order valence-electron chi connectivity index (χ1n) is 11.3. The van der Waals surface area contributed by atoms with E-state index in [1.54, 1.807) is 0 Å². The molecule has 30 heavy (non-hydrogen) atoms. The number of fused-ring (bicyclic) bond motifs is 7. The van der Waals surface area contributed by atoms with E-state index in [9.17, 15) is 4.79 Å². The molecule has 0 bridgehead atoms. The molecule has 1 unspecified atom stereocenters. The molecular weight excluding hydrogens is 394 g/mol. The van der Waals surface area contributed by atoms with E-state index in [-0.39, 0.29) is 11.0 Å². The van der Waals surface area contributed by atoms with Crippen molar-refractivity contribution in [3.05, 3.63) is 68.7 Å². The van der Waals surface area contributed by atoms with Crippen LogP contribution in [0.3, 0.4) is 0 Å². The molecule has 2 fully saturated rings. The summed E-state index contributed by atoms with van der Waals surface area (Å²) in [5.41, 5.74) is 4.38. The van der Waals surface area contributed by atoms with Crippen molar-refractivity contribution in [2.45, 2.75) is 56.3 Å². The second-order valence-electron chi connectivity index (χ2n) is 9.17. The zero-order chi connectivity index (χ0) is 20.3. The molecule has 1 saturated carbocycles. The van der Waals surface area contributed by atoms with Crippen LogP contribution >= 0.6 is 11.6 Å². The molecule has 6 rings (SSSR count). The van der Waals surface area contributed by atoms with E-state index in [4.69, 9.17) is 16.6 Å². The summed E-state index contributed by atoms with van der Waals surface area (Å²) in [6, 6.07) is 12.6. The zero-order valence-electron chi connectivity index (χ0n) is 17.1. The molecular formula is C25H26ClN3O. The first kappa shape index (κ1) is 18.6. The zero-order valence-corrected chi connectivity index (χ0v) is 17.8. The fourth-order valence-corrected chi connectivity index (χ4v) is 6.34. The smallest absolute Gasteiger partial charge is 0.280 e. The van der Waals surface area contributed by atoms with Crippen molar-refractivity contribution in [2.75, 3.05) is 13.1 Å². The lowest BCUT2D eigenvalue weighted by Gasteiger charge is -2.33. The Hall–Kier alpha value is -2.17. The highest BCUT2D eigenvalue weighted by atomic mass is 35.5. The predicted octanol–water partition coefficient (Wildman–Crippen LogP) is 5.07. The van der Waals surface area contributed by atoms with Crippen molar-refractivity contribution in [3.8, 4) is 5.69 Å². The quantitative estimate of drug-likeness (QED) is 0.599. The fraction of sp³-hybridized carbons (Fsp3) is 0.440. The number of hydrogen-bond acceptors (Lipinski definition) is 3. The number of nitrogens with zero attached hydrogens (tertiary/aromatic N) is 2. The molecule has 1 aromatic heterocycles. The second kappa shape index (κ2) is 6.93. The standard InChI is InChI=1S/C25H26ClN3O/c26-20-8-4-7-18-22(20)29-21-14-16(17-6-5-13-27-15-17)9-10-19(21)25(11-2-1-3-12-25)24(29)28-23(18)30/h4,7-10,14,17,27H,1-3,5-6,11-13,15H2. The number of benzene rings is 2. The molecule has 5 heteroatoms. The largest absolute Gasteiger partial charge is 0.316 e. The summed E-state index contributed by atoms with van der Waals surface area (Å²) in [6.07, 6.45) is 8.12. The van der Waals surface area contributed by atoms with Crippen molar-refractivity contribution < 1.29 is 0 Å². The molecule has 3 aliphatic rings. The summed E-state index contributed by atoms with van der Waals surface area (Å²) in [7, 11) is 0. The SMILES string of the molecule is O=c1nc2n(c3c(Cl)cccc13)-c1cc(C3CCCNC3)ccc1C21CCCCC1. The lowest BCUT2D eigenvalue weighted by molar-refractivity contribution is 0.338. The molecule has 154 valence electrons. The topological polar surface area (TPSA) is 46.9 Å². The highest BCUT2D eigenvalue weighted by Crippen LogP contribution is 2.52. The second-order valence-corrected chi connectivity index (χ2v) is 9.58. The van der Waals surface area contributed by atoms with Gasteiger partial charge in [0, 0.05) is 6.54 Å². The van der Waals surface area contributed by atoms with E-state index >= 15 is 0 Å². The van der Waals surface area contributed by atoms with Crippen LogP contribution < -0.4 is 10.9 Å². The Morgan fingerprint density at radius 3 is 2.77 bits per heavy atom. The van der Waals surface area contributed by atoms with Gasteiger partial charge in [-0.3, -0.25) is 9.36 Å². The van der Waals surface area contributed by atoms with Crippen molar-refractivity contribution >= 4 is 22.5 Å². The Kier molecular flexibility index (Phi) is 4.29. The van der Waals surface area contributed by atoms with Gasteiger partial charge in [-0.05, 0) is 67.5 Å². The van der Waals surface area contributed by atoms with E-state index in [1.807, 2.05) is 18.2 Å². The minimum Gasteiger partial charge on any atom is -0.316 e. The van der Waals surface area contributed by atoms with E-state index in [0.29, 0.717) is 16.3 Å². The van der Waals surface area contributed by atoms with Gasteiger partial charge in [0.05, 0.1) is 27.0 Å². The van der Waals surface area contributed by atoms with Gasteiger partial charge in [-0.2, -0.15) is 4.98 Å². The average molecular weight is 420 g/mol. The van der Waals surface area contributed by atoms with Crippen molar-refractivity contribution in [3.63, 3.8) is 0 Å². The first-order chi connectivity index (χ1) is 14.7. The monoisotopic (exact) mass is 419 g/mol. The molecule has 4 nitrogen and oxygen atoms in total. The van der Waals surface area contributed by atoms with Gasteiger partial charge in [-0.15, -0.1) is 0 Å². The Bertz CT molecular complexity index is 1200. The van der Waals surface area contributed by atoms with Gasteiger partial charge in [-0.1, -0.05) is 49.1 Å². The third kappa shape index (κ3) is 2.56. The van der Waals surface area contributed by atoms with Crippen molar-refractivity contribution in [1.29, 1.82) is 0 Å². The van der Waals surface area contributed by atoms with Gasteiger partial charge < -0.3 is 5.32 Å². The summed E-state index contributed by atoms with van der Waals surface area (Å²) in [5.74, 6) is 1.44. The summed E-state index contributed by atoms with van der Waals surface area (Å²) >= 11 is 6.70. The number of hydrogen-bond donors (Lipinski definition) is 1. The molecule has 1 atom stereocenters. The van der Waals surface area contributed by atoms with E-state index in [2.05, 4.69) is 28.1 Å². The number of para-hydroxylation sites is 1. The van der Waals surface area contributed by atoms with E-state index < -0.39 is 0 Å². The van der Waals surface area contributed by atoms with Crippen LogP contribution in [0.5, 0.6) is 0 Å².